The summed E-state index contributed by atoms with van der Waals surface area (Å²) in [5, 5.41) is 13.5. The van der Waals surface area contributed by atoms with Gasteiger partial charge in [0.25, 0.3) is 5.91 Å². The Bertz CT molecular complexity index is 974. The van der Waals surface area contributed by atoms with Gasteiger partial charge in [0.1, 0.15) is 5.75 Å². The number of thioether (sulfide) groups is 1. The predicted octanol–water partition coefficient (Wildman–Crippen LogP) is 3.50. The first-order valence-corrected chi connectivity index (χ1v) is 10.5. The molecule has 4 N–H and O–H groups in total. The number of benzene rings is 2. The molecule has 0 atom stereocenters. The molecule has 0 saturated heterocycles. The van der Waals surface area contributed by atoms with Crippen LogP contribution >= 0.6 is 23.1 Å². The second-order valence-corrected chi connectivity index (χ2v) is 7.96. The molecule has 0 aliphatic rings. The molecule has 0 radical (unpaired) electrons. The molecule has 1 aromatic heterocycles. The van der Waals surface area contributed by atoms with Crippen LogP contribution in [0.1, 0.15) is 17.3 Å². The standard InChI is InChI=1S/C19H19N5O3S2/c1-2-27-15-9-7-14(8-10-15)22-17(26)12-3-5-13(6-4-12)21-16(25)11-28-19-24-23-18(20)29-19/h3-10H,2,11H2,1H3,(H2,20,23)(H,21,25)(H,22,26). The van der Waals surface area contributed by atoms with Crippen LogP contribution in [0.25, 0.3) is 0 Å². The SMILES string of the molecule is CCOc1ccc(NC(=O)c2ccc(NC(=O)CSc3nnc(N)s3)cc2)cc1. The lowest BCUT2D eigenvalue weighted by Crippen LogP contribution is -2.15. The number of nitrogens with two attached hydrogens (primary N) is 1. The van der Waals surface area contributed by atoms with Crippen LogP contribution in [-0.2, 0) is 4.79 Å². The highest BCUT2D eigenvalue weighted by molar-refractivity contribution is 8.01. The zero-order chi connectivity index (χ0) is 20.6. The van der Waals surface area contributed by atoms with Crippen molar-refractivity contribution < 1.29 is 14.3 Å². The minimum Gasteiger partial charge on any atom is -0.494 e. The van der Waals surface area contributed by atoms with E-state index in [1.54, 1.807) is 48.5 Å². The molecule has 3 aromatic rings. The molecule has 0 aliphatic carbocycles. The number of carbonyl (C=O) groups excluding carboxylic acids is 2. The highest BCUT2D eigenvalue weighted by atomic mass is 32.2. The van der Waals surface area contributed by atoms with E-state index < -0.39 is 0 Å². The van der Waals surface area contributed by atoms with Gasteiger partial charge in [0.15, 0.2) is 4.34 Å². The highest BCUT2D eigenvalue weighted by Crippen LogP contribution is 2.23. The first-order chi connectivity index (χ1) is 14.0. The maximum absolute atomic E-state index is 12.4. The predicted molar refractivity (Wildman–Crippen MR) is 116 cm³/mol. The summed E-state index contributed by atoms with van der Waals surface area (Å²) in [7, 11) is 0. The van der Waals surface area contributed by atoms with Crippen LogP contribution < -0.4 is 21.1 Å². The molecule has 8 nitrogen and oxygen atoms in total. The molecule has 29 heavy (non-hydrogen) atoms. The summed E-state index contributed by atoms with van der Waals surface area (Å²) >= 11 is 2.49. The van der Waals surface area contributed by atoms with E-state index >= 15 is 0 Å². The lowest BCUT2D eigenvalue weighted by Gasteiger charge is -2.08. The molecule has 0 saturated carbocycles. The van der Waals surface area contributed by atoms with Gasteiger partial charge in [-0.15, -0.1) is 10.2 Å². The molecule has 0 spiro atoms. The highest BCUT2D eigenvalue weighted by Gasteiger charge is 2.09. The largest absolute Gasteiger partial charge is 0.494 e. The number of nitrogens with one attached hydrogen (secondary N) is 2. The number of aromatic nitrogens is 2. The molecule has 1 heterocycles. The van der Waals surface area contributed by atoms with Crippen LogP contribution in [-0.4, -0.2) is 34.4 Å². The molecule has 0 unspecified atom stereocenters. The van der Waals surface area contributed by atoms with E-state index in [1.165, 1.54) is 23.1 Å². The molecule has 0 aliphatic heterocycles. The summed E-state index contributed by atoms with van der Waals surface area (Å²) in [6, 6.07) is 13.8. The summed E-state index contributed by atoms with van der Waals surface area (Å²) in [5.74, 6) is 0.513. The number of rotatable bonds is 8. The Hall–Kier alpha value is -3.11. The smallest absolute Gasteiger partial charge is 0.255 e. The third-order valence-corrected chi connectivity index (χ3v) is 5.49. The summed E-state index contributed by atoms with van der Waals surface area (Å²) in [5.41, 5.74) is 7.26. The Morgan fingerprint density at radius 1 is 1.03 bits per heavy atom. The van der Waals surface area contributed by atoms with Crippen LogP contribution in [0.5, 0.6) is 5.75 Å². The van der Waals surface area contributed by atoms with E-state index in [1.807, 2.05) is 6.92 Å². The summed E-state index contributed by atoms with van der Waals surface area (Å²) in [6.07, 6.45) is 0. The molecule has 0 fully saturated rings. The first-order valence-electron chi connectivity index (χ1n) is 8.69. The van der Waals surface area contributed by atoms with Crippen molar-refractivity contribution in [1.82, 2.24) is 10.2 Å². The molecule has 150 valence electrons. The van der Waals surface area contributed by atoms with Crippen molar-refractivity contribution in [2.45, 2.75) is 11.3 Å². The Morgan fingerprint density at radius 3 is 2.31 bits per heavy atom. The summed E-state index contributed by atoms with van der Waals surface area (Å²) < 4.78 is 6.02. The van der Waals surface area contributed by atoms with Crippen molar-refractivity contribution >= 4 is 51.4 Å². The Kier molecular flexibility index (Phi) is 7.04. The van der Waals surface area contributed by atoms with Crippen LogP contribution in [0.15, 0.2) is 52.9 Å². The van der Waals surface area contributed by atoms with Crippen molar-refractivity contribution in [2.24, 2.45) is 0 Å². The second-order valence-electron chi connectivity index (χ2n) is 5.73. The molecule has 0 bridgehead atoms. The van der Waals surface area contributed by atoms with Crippen molar-refractivity contribution in [3.8, 4) is 5.75 Å². The van der Waals surface area contributed by atoms with Crippen LogP contribution in [0, 0.1) is 0 Å². The molecular formula is C19H19N5O3S2. The van der Waals surface area contributed by atoms with Gasteiger partial charge in [-0.3, -0.25) is 9.59 Å². The van der Waals surface area contributed by atoms with Crippen molar-refractivity contribution in [3.05, 3.63) is 54.1 Å². The van der Waals surface area contributed by atoms with E-state index in [0.717, 1.165) is 5.75 Å². The summed E-state index contributed by atoms with van der Waals surface area (Å²) in [6.45, 7) is 2.50. The van der Waals surface area contributed by atoms with Gasteiger partial charge in [0, 0.05) is 16.9 Å². The quantitative estimate of drug-likeness (QED) is 0.469. The minimum absolute atomic E-state index is 0.185. The van der Waals surface area contributed by atoms with Gasteiger partial charge in [-0.05, 0) is 55.5 Å². The van der Waals surface area contributed by atoms with Crippen LogP contribution in [0.4, 0.5) is 16.5 Å². The van der Waals surface area contributed by atoms with Crippen molar-refractivity contribution in [3.63, 3.8) is 0 Å². The summed E-state index contributed by atoms with van der Waals surface area (Å²) in [4.78, 5) is 24.4. The van der Waals surface area contributed by atoms with E-state index in [4.69, 9.17) is 10.5 Å². The first kappa shape index (κ1) is 20.6. The van der Waals surface area contributed by atoms with Gasteiger partial charge in [0.2, 0.25) is 11.0 Å². The fraction of sp³-hybridized carbons (Fsp3) is 0.158. The molecule has 3 rings (SSSR count). The fourth-order valence-electron chi connectivity index (χ4n) is 2.31. The number of amides is 2. The average Bonchev–Trinajstić information content (AvgIpc) is 3.14. The number of hydrogen-bond donors (Lipinski definition) is 3. The zero-order valence-electron chi connectivity index (χ0n) is 15.5. The molecule has 2 aromatic carbocycles. The number of hydrogen-bond acceptors (Lipinski definition) is 8. The normalized spacial score (nSPS) is 10.4. The fourth-order valence-corrected chi connectivity index (χ4v) is 3.75. The second kappa shape index (κ2) is 9.89. The third-order valence-electron chi connectivity index (χ3n) is 3.60. The topological polar surface area (TPSA) is 119 Å². The van der Waals surface area contributed by atoms with Gasteiger partial charge in [0.05, 0.1) is 12.4 Å². The lowest BCUT2D eigenvalue weighted by atomic mass is 10.2. The van der Waals surface area contributed by atoms with Crippen molar-refractivity contribution in [1.29, 1.82) is 0 Å². The van der Waals surface area contributed by atoms with Gasteiger partial charge < -0.3 is 21.1 Å². The average molecular weight is 430 g/mol. The zero-order valence-corrected chi connectivity index (χ0v) is 17.2. The van der Waals surface area contributed by atoms with Gasteiger partial charge in [-0.25, -0.2) is 0 Å². The van der Waals surface area contributed by atoms with Gasteiger partial charge >= 0.3 is 0 Å². The monoisotopic (exact) mass is 429 g/mol. The maximum Gasteiger partial charge on any atom is 0.255 e. The number of ether oxygens (including phenoxy) is 1. The van der Waals surface area contributed by atoms with Crippen molar-refractivity contribution in [2.75, 3.05) is 28.7 Å². The molecule has 10 heteroatoms. The van der Waals surface area contributed by atoms with Gasteiger partial charge in [-0.1, -0.05) is 23.1 Å². The molecule has 2 amide bonds. The third kappa shape index (κ3) is 6.19. The maximum atomic E-state index is 12.4. The number of nitrogen functional groups attached to an aromatic ring is 1. The lowest BCUT2D eigenvalue weighted by molar-refractivity contribution is -0.113. The Morgan fingerprint density at radius 2 is 1.69 bits per heavy atom. The van der Waals surface area contributed by atoms with Gasteiger partial charge in [-0.2, -0.15) is 0 Å². The van der Waals surface area contributed by atoms with E-state index in [2.05, 4.69) is 20.8 Å². The number of anilines is 3. The van der Waals surface area contributed by atoms with E-state index in [-0.39, 0.29) is 17.6 Å². The minimum atomic E-state index is -0.239. The number of nitrogens with zero attached hydrogens (tertiary/aromatic N) is 2. The Labute approximate surface area is 175 Å². The molecular weight excluding hydrogens is 410 g/mol. The van der Waals surface area contributed by atoms with E-state index in [9.17, 15) is 9.59 Å². The Balaban J connectivity index is 1.50. The van der Waals surface area contributed by atoms with E-state index in [0.29, 0.717) is 33.0 Å². The van der Waals surface area contributed by atoms with Crippen LogP contribution in [0.2, 0.25) is 0 Å². The van der Waals surface area contributed by atoms with Crippen LogP contribution in [0.3, 0.4) is 0 Å². The number of carbonyl (C=O) groups is 2.